The van der Waals surface area contributed by atoms with E-state index in [1.807, 2.05) is 0 Å². The zero-order valence-electron chi connectivity index (χ0n) is 9.84. The molecule has 0 bridgehead atoms. The van der Waals surface area contributed by atoms with Crippen LogP contribution in [-0.2, 0) is 4.79 Å². The van der Waals surface area contributed by atoms with Gasteiger partial charge in [0, 0.05) is 0 Å². The maximum atomic E-state index is 11.6. The van der Waals surface area contributed by atoms with Crippen molar-refractivity contribution < 1.29 is 19.2 Å². The first-order valence-corrected chi connectivity index (χ1v) is 5.68. The number of hydrogen-bond donors (Lipinski definition) is 3. The van der Waals surface area contributed by atoms with Gasteiger partial charge in [-0.2, -0.15) is 4.98 Å². The lowest BCUT2D eigenvalue weighted by Gasteiger charge is -2.05. The van der Waals surface area contributed by atoms with E-state index in [-0.39, 0.29) is 11.9 Å². The lowest BCUT2D eigenvalue weighted by molar-refractivity contribution is -0.138. The predicted molar refractivity (Wildman–Crippen MR) is 58.8 cm³/mol. The Hall–Kier alpha value is -1.96. The summed E-state index contributed by atoms with van der Waals surface area (Å²) >= 11 is 0. The van der Waals surface area contributed by atoms with Crippen LogP contribution < -0.4 is 10.6 Å². The van der Waals surface area contributed by atoms with Gasteiger partial charge in [-0.05, 0) is 26.3 Å². The standard InChI is InChI=1S/C10H14N4O4/c1-5(10(16)17)12-8(15)7-13-9(18-14-7)6-3-2-4-11-6/h5-6,11H,2-4H2,1H3,(H,12,15)(H,16,17)/t5-,6?/m1/s1. The van der Waals surface area contributed by atoms with Gasteiger partial charge in [-0.15, -0.1) is 0 Å². The molecule has 1 aliphatic rings. The van der Waals surface area contributed by atoms with Crippen molar-refractivity contribution in [1.82, 2.24) is 20.8 Å². The SMILES string of the molecule is C[C@@H](NC(=O)c1noc(C2CCCN2)n1)C(=O)O. The van der Waals surface area contributed by atoms with Crippen LogP contribution >= 0.6 is 0 Å². The number of carboxylic acids is 1. The molecule has 2 heterocycles. The second-order valence-electron chi connectivity index (χ2n) is 4.14. The molecule has 0 aromatic carbocycles. The van der Waals surface area contributed by atoms with Crippen molar-refractivity contribution in [2.45, 2.75) is 31.8 Å². The summed E-state index contributed by atoms with van der Waals surface area (Å²) in [7, 11) is 0. The van der Waals surface area contributed by atoms with Gasteiger partial charge in [-0.25, -0.2) is 0 Å². The molecular weight excluding hydrogens is 240 g/mol. The van der Waals surface area contributed by atoms with Crippen LogP contribution in [0, 0.1) is 0 Å². The quantitative estimate of drug-likeness (QED) is 0.675. The van der Waals surface area contributed by atoms with E-state index in [0.717, 1.165) is 19.4 Å². The monoisotopic (exact) mass is 254 g/mol. The largest absolute Gasteiger partial charge is 0.480 e. The van der Waals surface area contributed by atoms with E-state index in [9.17, 15) is 9.59 Å². The van der Waals surface area contributed by atoms with Crippen molar-refractivity contribution >= 4 is 11.9 Å². The van der Waals surface area contributed by atoms with Gasteiger partial charge in [-0.3, -0.25) is 9.59 Å². The lowest BCUT2D eigenvalue weighted by Crippen LogP contribution is -2.38. The molecular formula is C10H14N4O4. The van der Waals surface area contributed by atoms with Crippen molar-refractivity contribution in [2.75, 3.05) is 6.54 Å². The molecule has 1 fully saturated rings. The number of aromatic nitrogens is 2. The Morgan fingerprint density at radius 1 is 1.61 bits per heavy atom. The Bertz CT molecular complexity index is 452. The molecule has 3 N–H and O–H groups in total. The molecule has 1 aliphatic heterocycles. The summed E-state index contributed by atoms with van der Waals surface area (Å²) in [5.41, 5.74) is 0. The molecule has 1 amide bonds. The fourth-order valence-corrected chi connectivity index (χ4v) is 1.69. The van der Waals surface area contributed by atoms with E-state index in [4.69, 9.17) is 9.63 Å². The second kappa shape index (κ2) is 5.13. The summed E-state index contributed by atoms with van der Waals surface area (Å²) in [6.07, 6.45) is 1.90. The maximum absolute atomic E-state index is 11.6. The Balaban J connectivity index is 2.00. The smallest absolute Gasteiger partial charge is 0.325 e. The first-order chi connectivity index (χ1) is 8.58. The highest BCUT2D eigenvalue weighted by Gasteiger charge is 2.25. The van der Waals surface area contributed by atoms with Crippen LogP contribution in [0.3, 0.4) is 0 Å². The third-order valence-electron chi connectivity index (χ3n) is 2.72. The normalized spacial score (nSPS) is 20.6. The number of aliphatic carboxylic acids is 1. The summed E-state index contributed by atoms with van der Waals surface area (Å²) < 4.78 is 4.98. The summed E-state index contributed by atoms with van der Waals surface area (Å²) in [4.78, 5) is 26.2. The molecule has 2 atom stereocenters. The van der Waals surface area contributed by atoms with E-state index >= 15 is 0 Å². The van der Waals surface area contributed by atoms with Gasteiger partial charge < -0.3 is 20.3 Å². The molecule has 0 spiro atoms. The van der Waals surface area contributed by atoms with E-state index < -0.39 is 17.9 Å². The number of nitrogens with one attached hydrogen (secondary N) is 2. The van der Waals surface area contributed by atoms with E-state index in [1.165, 1.54) is 6.92 Å². The molecule has 0 saturated carbocycles. The summed E-state index contributed by atoms with van der Waals surface area (Å²) in [6.45, 7) is 2.24. The average molecular weight is 254 g/mol. The van der Waals surface area contributed by atoms with Crippen molar-refractivity contribution in [3.63, 3.8) is 0 Å². The Morgan fingerprint density at radius 3 is 3.00 bits per heavy atom. The van der Waals surface area contributed by atoms with Gasteiger partial charge in [-0.1, -0.05) is 5.16 Å². The molecule has 2 rings (SSSR count). The highest BCUT2D eigenvalue weighted by atomic mass is 16.5. The summed E-state index contributed by atoms with van der Waals surface area (Å²) in [5, 5.41) is 17.6. The number of carboxylic acid groups (broad SMARTS) is 1. The van der Waals surface area contributed by atoms with Crippen LogP contribution in [0.15, 0.2) is 4.52 Å². The molecule has 0 aliphatic carbocycles. The molecule has 98 valence electrons. The fourth-order valence-electron chi connectivity index (χ4n) is 1.69. The Labute approximate surface area is 103 Å². The molecule has 8 heteroatoms. The van der Waals surface area contributed by atoms with Crippen LogP contribution in [-0.4, -0.2) is 39.7 Å². The highest BCUT2D eigenvalue weighted by Crippen LogP contribution is 2.20. The van der Waals surface area contributed by atoms with Crippen molar-refractivity contribution in [3.05, 3.63) is 11.7 Å². The van der Waals surface area contributed by atoms with E-state index in [2.05, 4.69) is 20.8 Å². The van der Waals surface area contributed by atoms with Crippen molar-refractivity contribution in [1.29, 1.82) is 0 Å². The molecule has 1 unspecified atom stereocenters. The number of carbonyl (C=O) groups is 2. The van der Waals surface area contributed by atoms with Crippen LogP contribution in [0.4, 0.5) is 0 Å². The topological polar surface area (TPSA) is 117 Å². The number of amides is 1. The third-order valence-corrected chi connectivity index (χ3v) is 2.72. The number of carbonyl (C=O) groups excluding carboxylic acids is 1. The Morgan fingerprint density at radius 2 is 2.39 bits per heavy atom. The molecule has 18 heavy (non-hydrogen) atoms. The van der Waals surface area contributed by atoms with Gasteiger partial charge >= 0.3 is 5.97 Å². The molecule has 8 nitrogen and oxygen atoms in total. The third kappa shape index (κ3) is 2.65. The van der Waals surface area contributed by atoms with E-state index in [1.54, 1.807) is 0 Å². The average Bonchev–Trinajstić information content (AvgIpc) is 2.99. The number of hydrogen-bond acceptors (Lipinski definition) is 6. The summed E-state index contributed by atoms with van der Waals surface area (Å²) in [6, 6.07) is -1.01. The van der Waals surface area contributed by atoms with Gasteiger partial charge in [0.25, 0.3) is 11.7 Å². The lowest BCUT2D eigenvalue weighted by atomic mass is 10.2. The van der Waals surface area contributed by atoms with Gasteiger partial charge in [0.05, 0.1) is 6.04 Å². The Kier molecular flexibility index (Phi) is 3.56. The maximum Gasteiger partial charge on any atom is 0.325 e. The van der Waals surface area contributed by atoms with Gasteiger partial charge in [0.1, 0.15) is 6.04 Å². The second-order valence-corrected chi connectivity index (χ2v) is 4.14. The number of rotatable bonds is 4. The highest BCUT2D eigenvalue weighted by molar-refractivity contribution is 5.93. The zero-order valence-corrected chi connectivity index (χ0v) is 9.84. The zero-order chi connectivity index (χ0) is 13.1. The molecule has 1 aromatic rings. The predicted octanol–water partition coefficient (Wildman–Crippen LogP) is -0.303. The van der Waals surface area contributed by atoms with E-state index in [0.29, 0.717) is 5.89 Å². The van der Waals surface area contributed by atoms with Crippen LogP contribution in [0.25, 0.3) is 0 Å². The van der Waals surface area contributed by atoms with Gasteiger partial charge in [0.15, 0.2) is 0 Å². The summed E-state index contributed by atoms with van der Waals surface area (Å²) in [5.74, 6) is -1.56. The van der Waals surface area contributed by atoms with Crippen LogP contribution in [0.1, 0.15) is 42.3 Å². The fraction of sp³-hybridized carbons (Fsp3) is 0.600. The van der Waals surface area contributed by atoms with Crippen LogP contribution in [0.5, 0.6) is 0 Å². The molecule has 0 radical (unpaired) electrons. The minimum Gasteiger partial charge on any atom is -0.480 e. The minimum absolute atomic E-state index is 0.0176. The van der Waals surface area contributed by atoms with Crippen molar-refractivity contribution in [2.24, 2.45) is 0 Å². The molecule has 1 saturated heterocycles. The minimum atomic E-state index is -1.12. The number of nitrogens with zero attached hydrogens (tertiary/aromatic N) is 2. The first kappa shape index (κ1) is 12.5. The first-order valence-electron chi connectivity index (χ1n) is 5.68. The van der Waals surface area contributed by atoms with Crippen LogP contribution in [0.2, 0.25) is 0 Å². The van der Waals surface area contributed by atoms with Gasteiger partial charge in [0.2, 0.25) is 5.89 Å². The van der Waals surface area contributed by atoms with Crippen molar-refractivity contribution in [3.8, 4) is 0 Å². The molecule has 1 aromatic heterocycles.